The number of hydrogen-bond donors (Lipinski definition) is 0. The molecule has 0 aliphatic carbocycles. The number of methoxy groups -OCH3 is 2. The number of fused-ring (bicyclic) bond motifs is 1. The van der Waals surface area contributed by atoms with Gasteiger partial charge in [0, 0.05) is 17.8 Å². The molecular formula is C15H15NO4. The third-order valence-corrected chi connectivity index (χ3v) is 3.15. The van der Waals surface area contributed by atoms with Crippen LogP contribution in [0.3, 0.4) is 0 Å². The van der Waals surface area contributed by atoms with Crippen LogP contribution >= 0.6 is 0 Å². The molecule has 0 saturated carbocycles. The molecule has 1 aromatic carbocycles. The number of para-hydroxylation sites is 1. The van der Waals surface area contributed by atoms with Crippen molar-refractivity contribution >= 4 is 0 Å². The lowest BCUT2D eigenvalue weighted by Crippen LogP contribution is -2.22. The molecule has 1 unspecified atom stereocenters. The van der Waals surface area contributed by atoms with Gasteiger partial charge in [-0.25, -0.2) is 4.98 Å². The van der Waals surface area contributed by atoms with Crippen LogP contribution < -0.4 is 18.9 Å². The highest BCUT2D eigenvalue weighted by Crippen LogP contribution is 2.42. The first kappa shape index (κ1) is 12.6. The Morgan fingerprint density at radius 1 is 1.15 bits per heavy atom. The Labute approximate surface area is 117 Å². The Morgan fingerprint density at radius 2 is 2.05 bits per heavy atom. The van der Waals surface area contributed by atoms with Gasteiger partial charge in [0.15, 0.2) is 17.6 Å². The zero-order valence-electron chi connectivity index (χ0n) is 11.3. The molecule has 5 nitrogen and oxygen atoms in total. The number of ether oxygens (including phenoxy) is 4. The largest absolute Gasteiger partial charge is 0.493 e. The maximum atomic E-state index is 5.98. The second kappa shape index (κ2) is 5.28. The Bertz CT molecular complexity index is 583. The fraction of sp³-hybridized carbons (Fsp3) is 0.267. The molecule has 1 atom stereocenters. The number of nitrogens with zero attached hydrogens (tertiary/aromatic N) is 1. The summed E-state index contributed by atoms with van der Waals surface area (Å²) in [5, 5.41) is 0. The van der Waals surface area contributed by atoms with Crippen molar-refractivity contribution in [3.05, 3.63) is 42.1 Å². The van der Waals surface area contributed by atoms with Crippen LogP contribution in [-0.2, 0) is 0 Å². The summed E-state index contributed by atoms with van der Waals surface area (Å²) >= 11 is 0. The molecule has 1 aliphatic rings. The van der Waals surface area contributed by atoms with Crippen LogP contribution in [0.25, 0.3) is 0 Å². The summed E-state index contributed by atoms with van der Waals surface area (Å²) < 4.78 is 22.0. The molecule has 0 spiro atoms. The average Bonchev–Trinajstić information content (AvgIpc) is 2.54. The fourth-order valence-corrected chi connectivity index (χ4v) is 2.10. The van der Waals surface area contributed by atoms with Crippen molar-refractivity contribution in [3.8, 4) is 23.1 Å². The highest BCUT2D eigenvalue weighted by atomic mass is 16.6. The molecular weight excluding hydrogens is 258 g/mol. The molecule has 2 heterocycles. The minimum absolute atomic E-state index is 0.211. The fourth-order valence-electron chi connectivity index (χ4n) is 2.10. The van der Waals surface area contributed by atoms with E-state index in [0.717, 1.165) is 5.56 Å². The van der Waals surface area contributed by atoms with Gasteiger partial charge in [-0.05, 0) is 18.2 Å². The Hall–Kier alpha value is -2.43. The quantitative estimate of drug-likeness (QED) is 0.860. The normalized spacial score (nSPS) is 16.6. The van der Waals surface area contributed by atoms with E-state index in [1.54, 1.807) is 26.5 Å². The summed E-state index contributed by atoms with van der Waals surface area (Å²) in [7, 11) is 3.20. The smallest absolute Gasteiger partial charge is 0.212 e. The Kier molecular flexibility index (Phi) is 3.33. The van der Waals surface area contributed by atoms with Gasteiger partial charge >= 0.3 is 0 Å². The van der Waals surface area contributed by atoms with Crippen LogP contribution in [0, 0.1) is 0 Å². The SMILES string of the molecule is COc1ccc(C2COc3cccc(OC)c3O2)cn1. The number of aromatic nitrogens is 1. The molecule has 0 radical (unpaired) electrons. The van der Waals surface area contributed by atoms with E-state index in [4.69, 9.17) is 18.9 Å². The van der Waals surface area contributed by atoms with Crippen molar-refractivity contribution in [3.63, 3.8) is 0 Å². The lowest BCUT2D eigenvalue weighted by Gasteiger charge is -2.27. The van der Waals surface area contributed by atoms with Gasteiger partial charge in [-0.2, -0.15) is 0 Å². The standard InChI is InChI=1S/C15H15NO4/c1-17-11-4-3-5-12-15(11)20-13(9-19-12)10-6-7-14(18-2)16-8-10/h3-8,13H,9H2,1-2H3. The van der Waals surface area contributed by atoms with Crippen molar-refractivity contribution in [2.75, 3.05) is 20.8 Å². The molecule has 0 bridgehead atoms. The van der Waals surface area contributed by atoms with Gasteiger partial charge in [-0.15, -0.1) is 0 Å². The minimum atomic E-state index is -0.211. The molecule has 20 heavy (non-hydrogen) atoms. The van der Waals surface area contributed by atoms with E-state index in [-0.39, 0.29) is 6.10 Å². The number of hydrogen-bond acceptors (Lipinski definition) is 5. The Balaban J connectivity index is 1.87. The van der Waals surface area contributed by atoms with E-state index in [2.05, 4.69) is 4.98 Å². The summed E-state index contributed by atoms with van der Waals surface area (Å²) in [4.78, 5) is 4.18. The van der Waals surface area contributed by atoms with Crippen molar-refractivity contribution in [1.29, 1.82) is 0 Å². The monoisotopic (exact) mass is 273 g/mol. The molecule has 3 rings (SSSR count). The molecule has 1 aliphatic heterocycles. The number of pyridine rings is 1. The maximum Gasteiger partial charge on any atom is 0.212 e. The average molecular weight is 273 g/mol. The summed E-state index contributed by atoms with van der Waals surface area (Å²) in [5.41, 5.74) is 0.933. The molecule has 0 amide bonds. The zero-order chi connectivity index (χ0) is 13.9. The molecule has 0 N–H and O–H groups in total. The lowest BCUT2D eigenvalue weighted by atomic mass is 10.1. The lowest BCUT2D eigenvalue weighted by molar-refractivity contribution is 0.0868. The molecule has 5 heteroatoms. The summed E-state index contributed by atoms with van der Waals surface area (Å²) in [6.07, 6.45) is 1.52. The molecule has 0 fully saturated rings. The number of rotatable bonds is 3. The first-order valence-electron chi connectivity index (χ1n) is 6.28. The van der Waals surface area contributed by atoms with E-state index in [9.17, 15) is 0 Å². The maximum absolute atomic E-state index is 5.98. The second-order valence-corrected chi connectivity index (χ2v) is 4.34. The van der Waals surface area contributed by atoms with Crippen molar-refractivity contribution in [2.45, 2.75) is 6.10 Å². The summed E-state index contributed by atoms with van der Waals surface area (Å²) in [6, 6.07) is 9.30. The van der Waals surface area contributed by atoms with Crippen LogP contribution in [0.4, 0.5) is 0 Å². The molecule has 2 aromatic rings. The van der Waals surface area contributed by atoms with Crippen LogP contribution in [0.5, 0.6) is 23.1 Å². The molecule has 104 valence electrons. The van der Waals surface area contributed by atoms with Crippen LogP contribution in [0.15, 0.2) is 36.5 Å². The van der Waals surface area contributed by atoms with Gasteiger partial charge in [0.1, 0.15) is 6.61 Å². The number of benzene rings is 1. The van der Waals surface area contributed by atoms with E-state index in [0.29, 0.717) is 29.7 Å². The van der Waals surface area contributed by atoms with Crippen molar-refractivity contribution < 1.29 is 18.9 Å². The van der Waals surface area contributed by atoms with E-state index in [1.807, 2.05) is 24.3 Å². The Morgan fingerprint density at radius 3 is 2.75 bits per heavy atom. The van der Waals surface area contributed by atoms with E-state index in [1.165, 1.54) is 0 Å². The minimum Gasteiger partial charge on any atom is -0.493 e. The van der Waals surface area contributed by atoms with E-state index < -0.39 is 0 Å². The van der Waals surface area contributed by atoms with Crippen molar-refractivity contribution in [2.24, 2.45) is 0 Å². The van der Waals surface area contributed by atoms with Crippen LogP contribution in [-0.4, -0.2) is 25.8 Å². The van der Waals surface area contributed by atoms with Gasteiger partial charge in [-0.1, -0.05) is 6.07 Å². The first-order chi connectivity index (χ1) is 9.81. The van der Waals surface area contributed by atoms with Crippen LogP contribution in [0.2, 0.25) is 0 Å². The van der Waals surface area contributed by atoms with E-state index >= 15 is 0 Å². The summed E-state index contributed by atoms with van der Waals surface area (Å²) in [6.45, 7) is 0.439. The second-order valence-electron chi connectivity index (χ2n) is 4.34. The molecule has 1 aromatic heterocycles. The van der Waals surface area contributed by atoms with Gasteiger partial charge in [0.2, 0.25) is 11.6 Å². The van der Waals surface area contributed by atoms with Gasteiger partial charge in [0.05, 0.1) is 14.2 Å². The molecule has 0 saturated heterocycles. The highest BCUT2D eigenvalue weighted by molar-refractivity contribution is 5.52. The first-order valence-corrected chi connectivity index (χ1v) is 6.28. The third kappa shape index (κ3) is 2.22. The topological polar surface area (TPSA) is 49.8 Å². The highest BCUT2D eigenvalue weighted by Gasteiger charge is 2.25. The van der Waals surface area contributed by atoms with Gasteiger partial charge < -0.3 is 18.9 Å². The predicted octanol–water partition coefficient (Wildman–Crippen LogP) is 2.61. The van der Waals surface area contributed by atoms with Crippen molar-refractivity contribution in [1.82, 2.24) is 4.98 Å². The zero-order valence-corrected chi connectivity index (χ0v) is 11.3. The third-order valence-electron chi connectivity index (χ3n) is 3.15. The van der Waals surface area contributed by atoms with Gasteiger partial charge in [0.25, 0.3) is 0 Å². The predicted molar refractivity (Wildman–Crippen MR) is 72.6 cm³/mol. The summed E-state index contributed by atoms with van der Waals surface area (Å²) in [5.74, 6) is 2.56. The van der Waals surface area contributed by atoms with Crippen LogP contribution in [0.1, 0.15) is 11.7 Å². The van der Waals surface area contributed by atoms with Gasteiger partial charge in [-0.3, -0.25) is 0 Å².